The molecule has 0 fully saturated rings. The molecule has 0 saturated heterocycles. The Balaban J connectivity index is 1.69. The van der Waals surface area contributed by atoms with Gasteiger partial charge < -0.3 is 5.32 Å². The van der Waals surface area contributed by atoms with Gasteiger partial charge in [-0.25, -0.2) is 0 Å². The molecule has 0 aromatic carbocycles. The van der Waals surface area contributed by atoms with Crippen molar-refractivity contribution in [2.24, 2.45) is 0 Å². The van der Waals surface area contributed by atoms with Gasteiger partial charge in [-0.05, 0) is 36.3 Å². The minimum atomic E-state index is 0.452. The maximum Gasteiger partial charge on any atom is 0.188 e. The van der Waals surface area contributed by atoms with E-state index in [0.717, 1.165) is 5.82 Å². The lowest BCUT2D eigenvalue weighted by molar-refractivity contribution is 0.457. The first kappa shape index (κ1) is 9.92. The van der Waals surface area contributed by atoms with E-state index >= 15 is 0 Å². The minimum Gasteiger partial charge on any atom is -0.303 e. The smallest absolute Gasteiger partial charge is 0.188 e. The van der Waals surface area contributed by atoms with E-state index in [1.165, 1.54) is 29.7 Å². The number of fused-ring (bicyclic) bond motifs is 1. The van der Waals surface area contributed by atoms with Gasteiger partial charge in [-0.15, -0.1) is 21.5 Å². The molecule has 1 unspecified atom stereocenters. The lowest BCUT2D eigenvalue weighted by Crippen LogP contribution is -2.24. The Morgan fingerprint density at radius 2 is 2.56 bits per heavy atom. The fraction of sp³-hybridized carbons (Fsp3) is 0.500. The van der Waals surface area contributed by atoms with E-state index in [-0.39, 0.29) is 0 Å². The van der Waals surface area contributed by atoms with Crippen LogP contribution in [0.5, 0.6) is 0 Å². The van der Waals surface area contributed by atoms with Gasteiger partial charge in [0, 0.05) is 10.9 Å². The number of hydrogen-bond acceptors (Lipinski definition) is 5. The summed E-state index contributed by atoms with van der Waals surface area (Å²) in [6, 6.07) is 2.68. The monoisotopic (exact) mass is 235 g/mol. The van der Waals surface area contributed by atoms with E-state index in [1.807, 2.05) is 11.3 Å². The van der Waals surface area contributed by atoms with Crippen LogP contribution in [0.4, 0.5) is 0 Å². The van der Waals surface area contributed by atoms with Gasteiger partial charge in [0.1, 0.15) is 0 Å². The fourth-order valence-corrected chi connectivity index (χ4v) is 3.16. The summed E-state index contributed by atoms with van der Waals surface area (Å²) in [7, 11) is 0. The van der Waals surface area contributed by atoms with Crippen molar-refractivity contribution in [3.05, 3.63) is 27.7 Å². The Morgan fingerprint density at radius 1 is 1.56 bits per heavy atom. The Morgan fingerprint density at radius 3 is 3.44 bits per heavy atom. The molecule has 2 aromatic rings. The summed E-state index contributed by atoms with van der Waals surface area (Å²) in [4.78, 5) is 1.52. The molecule has 1 atom stereocenters. The maximum absolute atomic E-state index is 3.94. The zero-order valence-electron chi connectivity index (χ0n) is 8.81. The molecule has 3 rings (SSSR count). The molecule has 0 aliphatic heterocycles. The number of rotatable bonds is 3. The summed E-state index contributed by atoms with van der Waals surface area (Å²) >= 11 is 1.86. The minimum absolute atomic E-state index is 0.452. The highest BCUT2D eigenvalue weighted by Gasteiger charge is 2.20. The number of hydrogen-bond donors (Lipinski definition) is 2. The Kier molecular flexibility index (Phi) is 2.67. The van der Waals surface area contributed by atoms with Crippen molar-refractivity contribution in [1.29, 1.82) is 0 Å². The van der Waals surface area contributed by atoms with E-state index in [0.29, 0.717) is 12.6 Å². The maximum atomic E-state index is 3.94. The van der Waals surface area contributed by atoms with Crippen LogP contribution in [-0.4, -0.2) is 20.6 Å². The van der Waals surface area contributed by atoms with Crippen molar-refractivity contribution in [2.75, 3.05) is 0 Å². The van der Waals surface area contributed by atoms with Crippen molar-refractivity contribution in [3.8, 4) is 0 Å². The van der Waals surface area contributed by atoms with E-state index in [2.05, 4.69) is 37.4 Å². The molecule has 0 amide bonds. The third-order valence-corrected chi connectivity index (χ3v) is 3.94. The second kappa shape index (κ2) is 4.31. The van der Waals surface area contributed by atoms with Gasteiger partial charge >= 0.3 is 0 Å². The number of nitrogens with one attached hydrogen (secondary N) is 2. The number of thiophene rings is 1. The van der Waals surface area contributed by atoms with E-state index in [1.54, 1.807) is 0 Å². The van der Waals surface area contributed by atoms with Crippen molar-refractivity contribution in [2.45, 2.75) is 31.8 Å². The largest absolute Gasteiger partial charge is 0.303 e. The zero-order valence-corrected chi connectivity index (χ0v) is 9.63. The van der Waals surface area contributed by atoms with Gasteiger partial charge in [0.25, 0.3) is 0 Å². The predicted molar refractivity (Wildman–Crippen MR) is 61.0 cm³/mol. The van der Waals surface area contributed by atoms with E-state index in [4.69, 9.17) is 0 Å². The quantitative estimate of drug-likeness (QED) is 0.844. The van der Waals surface area contributed by atoms with Crippen LogP contribution >= 0.6 is 11.3 Å². The van der Waals surface area contributed by atoms with Gasteiger partial charge in [0.15, 0.2) is 5.82 Å². The summed E-state index contributed by atoms with van der Waals surface area (Å²) in [5, 5.41) is 19.6. The third kappa shape index (κ3) is 1.85. The molecule has 6 heteroatoms. The summed E-state index contributed by atoms with van der Waals surface area (Å²) in [6.07, 6.45) is 3.69. The first-order valence-electron chi connectivity index (χ1n) is 5.45. The van der Waals surface area contributed by atoms with Crippen LogP contribution in [0, 0.1) is 0 Å². The molecular weight excluding hydrogens is 222 g/mol. The Labute approximate surface area is 97.3 Å². The first-order valence-corrected chi connectivity index (χ1v) is 6.33. The van der Waals surface area contributed by atoms with Crippen LogP contribution in [-0.2, 0) is 13.0 Å². The highest BCUT2D eigenvalue weighted by atomic mass is 32.1. The number of nitrogens with zero attached hydrogens (tertiary/aromatic N) is 3. The second-order valence-electron chi connectivity index (χ2n) is 3.95. The third-order valence-electron chi connectivity index (χ3n) is 2.95. The summed E-state index contributed by atoms with van der Waals surface area (Å²) in [6.45, 7) is 0.677. The number of H-pyrrole nitrogens is 1. The average molecular weight is 235 g/mol. The SMILES string of the molecule is c1cc2c(s1)CCCC2NCc1nn[nH]n1. The summed E-state index contributed by atoms with van der Waals surface area (Å²) in [5.41, 5.74) is 1.46. The van der Waals surface area contributed by atoms with Crippen LogP contribution in [0.2, 0.25) is 0 Å². The molecule has 84 valence electrons. The van der Waals surface area contributed by atoms with Crippen LogP contribution in [0.1, 0.15) is 35.1 Å². The highest BCUT2D eigenvalue weighted by molar-refractivity contribution is 7.10. The summed E-state index contributed by atoms with van der Waals surface area (Å²) < 4.78 is 0. The van der Waals surface area contributed by atoms with Gasteiger partial charge in [0.05, 0.1) is 6.54 Å². The highest BCUT2D eigenvalue weighted by Crippen LogP contribution is 2.33. The standard InChI is InChI=1S/C10H13N5S/c1-2-8(7-4-5-16-9(7)3-1)11-6-10-12-14-15-13-10/h4-5,8,11H,1-3,6H2,(H,12,13,14,15). The molecule has 2 aromatic heterocycles. The topological polar surface area (TPSA) is 66.5 Å². The number of aryl methyl sites for hydroxylation is 1. The molecule has 1 aliphatic rings. The number of aromatic nitrogens is 4. The Bertz CT molecular complexity index is 449. The number of tetrazole rings is 1. The van der Waals surface area contributed by atoms with Crippen LogP contribution < -0.4 is 5.32 Å². The van der Waals surface area contributed by atoms with E-state index in [9.17, 15) is 0 Å². The van der Waals surface area contributed by atoms with Crippen molar-refractivity contribution >= 4 is 11.3 Å². The molecular formula is C10H13N5S. The van der Waals surface area contributed by atoms with Crippen molar-refractivity contribution in [3.63, 3.8) is 0 Å². The van der Waals surface area contributed by atoms with Crippen LogP contribution in [0.25, 0.3) is 0 Å². The van der Waals surface area contributed by atoms with Gasteiger partial charge in [-0.2, -0.15) is 5.21 Å². The van der Waals surface area contributed by atoms with Crippen molar-refractivity contribution in [1.82, 2.24) is 25.9 Å². The van der Waals surface area contributed by atoms with Gasteiger partial charge in [-0.3, -0.25) is 0 Å². The molecule has 2 heterocycles. The molecule has 0 radical (unpaired) electrons. The Hall–Kier alpha value is -1.27. The lowest BCUT2D eigenvalue weighted by atomic mass is 9.94. The molecule has 0 bridgehead atoms. The van der Waals surface area contributed by atoms with Crippen molar-refractivity contribution < 1.29 is 0 Å². The first-order chi connectivity index (χ1) is 7.93. The normalized spacial score (nSPS) is 19.6. The molecule has 0 spiro atoms. The molecule has 16 heavy (non-hydrogen) atoms. The van der Waals surface area contributed by atoms with Crippen LogP contribution in [0.15, 0.2) is 11.4 Å². The predicted octanol–water partition coefficient (Wildman–Crippen LogP) is 1.43. The number of aromatic amines is 1. The van der Waals surface area contributed by atoms with Crippen LogP contribution in [0.3, 0.4) is 0 Å². The average Bonchev–Trinajstić information content (AvgIpc) is 2.97. The fourth-order valence-electron chi connectivity index (χ4n) is 2.17. The van der Waals surface area contributed by atoms with E-state index < -0.39 is 0 Å². The second-order valence-corrected chi connectivity index (χ2v) is 4.95. The molecule has 0 saturated carbocycles. The van der Waals surface area contributed by atoms with Gasteiger partial charge in [-0.1, -0.05) is 5.21 Å². The molecule has 5 nitrogen and oxygen atoms in total. The molecule has 1 aliphatic carbocycles. The lowest BCUT2D eigenvalue weighted by Gasteiger charge is -2.23. The van der Waals surface area contributed by atoms with Gasteiger partial charge in [0.2, 0.25) is 0 Å². The molecule has 2 N–H and O–H groups in total. The zero-order chi connectivity index (χ0) is 10.8. The summed E-state index contributed by atoms with van der Waals surface area (Å²) in [5.74, 6) is 0.724.